The molecule has 0 N–H and O–H groups in total. The van der Waals surface area contributed by atoms with E-state index in [1.807, 2.05) is 12.1 Å². The van der Waals surface area contributed by atoms with E-state index in [1.165, 1.54) is 10.6 Å². The average molecular weight is 345 g/mol. The third-order valence-electron chi connectivity index (χ3n) is 4.10. The minimum Gasteiger partial charge on any atom is -0.337 e. The van der Waals surface area contributed by atoms with Gasteiger partial charge in [-0.3, -0.25) is 14.1 Å². The number of anilines is 1. The highest BCUT2D eigenvalue weighted by atomic mass is 32.2. The van der Waals surface area contributed by atoms with E-state index in [-0.39, 0.29) is 5.91 Å². The van der Waals surface area contributed by atoms with Crippen LogP contribution >= 0.6 is 0 Å². The molecular formula is C17H19N3O3S. The first-order valence-electron chi connectivity index (χ1n) is 7.61. The number of hydrogen-bond donors (Lipinski definition) is 0. The number of sulfonamides is 1. The largest absolute Gasteiger partial charge is 0.337 e. The molecule has 126 valence electrons. The van der Waals surface area contributed by atoms with Crippen LogP contribution in [0.25, 0.3) is 0 Å². The molecule has 0 fully saturated rings. The zero-order valence-corrected chi connectivity index (χ0v) is 14.5. The summed E-state index contributed by atoms with van der Waals surface area (Å²) in [5.41, 5.74) is 3.14. The summed E-state index contributed by atoms with van der Waals surface area (Å²) in [7, 11) is -1.53. The molecule has 0 saturated carbocycles. The number of aromatic nitrogens is 1. The number of nitrogens with zero attached hydrogens (tertiary/aromatic N) is 3. The molecule has 1 aliphatic heterocycles. The first-order chi connectivity index (χ1) is 11.4. The lowest BCUT2D eigenvalue weighted by Crippen LogP contribution is -2.27. The SMILES string of the molecule is CN(Cc1ccncc1)C(=O)c1ccc2c(c1)CCN2S(C)(=O)=O. The van der Waals surface area contributed by atoms with Crippen molar-refractivity contribution in [1.82, 2.24) is 9.88 Å². The molecule has 2 aromatic rings. The molecule has 0 unspecified atom stereocenters. The zero-order chi connectivity index (χ0) is 17.3. The number of benzene rings is 1. The zero-order valence-electron chi connectivity index (χ0n) is 13.6. The fourth-order valence-corrected chi connectivity index (χ4v) is 3.86. The van der Waals surface area contributed by atoms with E-state index in [9.17, 15) is 13.2 Å². The van der Waals surface area contributed by atoms with Gasteiger partial charge in [0.1, 0.15) is 0 Å². The molecule has 0 bridgehead atoms. The maximum Gasteiger partial charge on any atom is 0.253 e. The van der Waals surface area contributed by atoms with Gasteiger partial charge >= 0.3 is 0 Å². The Kier molecular flexibility index (Phi) is 4.28. The predicted molar refractivity (Wildman–Crippen MR) is 92.4 cm³/mol. The summed E-state index contributed by atoms with van der Waals surface area (Å²) < 4.78 is 24.9. The van der Waals surface area contributed by atoms with Crippen LogP contribution in [0.5, 0.6) is 0 Å². The van der Waals surface area contributed by atoms with Crippen LogP contribution in [0.3, 0.4) is 0 Å². The van der Waals surface area contributed by atoms with Crippen LogP contribution in [0.4, 0.5) is 5.69 Å². The Morgan fingerprint density at radius 2 is 1.96 bits per heavy atom. The Morgan fingerprint density at radius 3 is 2.62 bits per heavy atom. The van der Waals surface area contributed by atoms with E-state index >= 15 is 0 Å². The summed E-state index contributed by atoms with van der Waals surface area (Å²) in [5, 5.41) is 0. The van der Waals surface area contributed by atoms with Gasteiger partial charge in [-0.1, -0.05) is 0 Å². The summed E-state index contributed by atoms with van der Waals surface area (Å²) in [6, 6.07) is 8.95. The Bertz CT molecular complexity index is 866. The van der Waals surface area contributed by atoms with E-state index in [0.717, 1.165) is 11.1 Å². The number of carbonyl (C=O) groups is 1. The predicted octanol–water partition coefficient (Wildman–Crippen LogP) is 1.68. The minimum absolute atomic E-state index is 0.0904. The molecule has 0 radical (unpaired) electrons. The van der Waals surface area contributed by atoms with Crippen LogP contribution in [-0.2, 0) is 23.0 Å². The van der Waals surface area contributed by atoms with Crippen LogP contribution in [0.1, 0.15) is 21.5 Å². The van der Waals surface area contributed by atoms with Crippen molar-refractivity contribution in [3.05, 3.63) is 59.4 Å². The molecule has 3 rings (SSSR count). The van der Waals surface area contributed by atoms with Gasteiger partial charge in [0, 0.05) is 38.1 Å². The van der Waals surface area contributed by atoms with Gasteiger partial charge < -0.3 is 4.90 Å². The molecule has 0 spiro atoms. The minimum atomic E-state index is -3.27. The van der Waals surface area contributed by atoms with Gasteiger partial charge in [0.15, 0.2) is 0 Å². The van der Waals surface area contributed by atoms with Crippen LogP contribution in [0.15, 0.2) is 42.7 Å². The second kappa shape index (κ2) is 6.24. The van der Waals surface area contributed by atoms with Crippen molar-refractivity contribution in [2.45, 2.75) is 13.0 Å². The van der Waals surface area contributed by atoms with Gasteiger partial charge in [0.05, 0.1) is 11.9 Å². The molecule has 0 aliphatic carbocycles. The Hall–Kier alpha value is -2.41. The highest BCUT2D eigenvalue weighted by molar-refractivity contribution is 7.92. The third kappa shape index (κ3) is 3.26. The lowest BCUT2D eigenvalue weighted by Gasteiger charge is -2.19. The lowest BCUT2D eigenvalue weighted by atomic mass is 10.1. The monoisotopic (exact) mass is 345 g/mol. The van der Waals surface area contributed by atoms with Gasteiger partial charge in [-0.2, -0.15) is 0 Å². The van der Waals surface area contributed by atoms with Crippen molar-refractivity contribution in [2.24, 2.45) is 0 Å². The van der Waals surface area contributed by atoms with Crippen molar-refractivity contribution in [3.63, 3.8) is 0 Å². The number of fused-ring (bicyclic) bond motifs is 1. The lowest BCUT2D eigenvalue weighted by molar-refractivity contribution is 0.0785. The highest BCUT2D eigenvalue weighted by Gasteiger charge is 2.27. The molecule has 24 heavy (non-hydrogen) atoms. The van der Waals surface area contributed by atoms with Crippen molar-refractivity contribution in [1.29, 1.82) is 0 Å². The summed E-state index contributed by atoms with van der Waals surface area (Å²) in [4.78, 5) is 18.2. The molecule has 1 amide bonds. The summed E-state index contributed by atoms with van der Waals surface area (Å²) >= 11 is 0. The first-order valence-corrected chi connectivity index (χ1v) is 9.46. The highest BCUT2D eigenvalue weighted by Crippen LogP contribution is 2.31. The van der Waals surface area contributed by atoms with Crippen molar-refractivity contribution < 1.29 is 13.2 Å². The Balaban J connectivity index is 1.80. The molecule has 6 nitrogen and oxygen atoms in total. The van der Waals surface area contributed by atoms with Crippen LogP contribution in [0, 0.1) is 0 Å². The van der Waals surface area contributed by atoms with Crippen LogP contribution < -0.4 is 4.31 Å². The number of carbonyl (C=O) groups excluding carboxylic acids is 1. The summed E-state index contributed by atoms with van der Waals surface area (Å²) in [6.07, 6.45) is 5.22. The quantitative estimate of drug-likeness (QED) is 0.845. The molecule has 7 heteroatoms. The Morgan fingerprint density at radius 1 is 1.25 bits per heavy atom. The van der Waals surface area contributed by atoms with Gasteiger partial charge in [0.25, 0.3) is 5.91 Å². The first kappa shape index (κ1) is 16.4. The van der Waals surface area contributed by atoms with Gasteiger partial charge in [-0.15, -0.1) is 0 Å². The fourth-order valence-electron chi connectivity index (χ4n) is 2.90. The topological polar surface area (TPSA) is 70.6 Å². The maximum absolute atomic E-state index is 12.6. The summed E-state index contributed by atoms with van der Waals surface area (Å²) in [5.74, 6) is -0.0904. The maximum atomic E-state index is 12.6. The molecule has 1 aromatic heterocycles. The molecule has 1 aromatic carbocycles. The number of pyridine rings is 1. The van der Waals surface area contributed by atoms with E-state index in [4.69, 9.17) is 0 Å². The smallest absolute Gasteiger partial charge is 0.253 e. The van der Waals surface area contributed by atoms with Crippen LogP contribution in [0.2, 0.25) is 0 Å². The van der Waals surface area contributed by atoms with Crippen molar-refractivity contribution >= 4 is 21.6 Å². The van der Waals surface area contributed by atoms with Gasteiger partial charge in [-0.25, -0.2) is 8.42 Å². The molecule has 0 atom stereocenters. The molecule has 0 saturated heterocycles. The Labute approximate surface area is 141 Å². The second-order valence-corrected chi connectivity index (χ2v) is 7.85. The van der Waals surface area contributed by atoms with E-state index in [2.05, 4.69) is 4.98 Å². The van der Waals surface area contributed by atoms with Gasteiger partial charge in [0.2, 0.25) is 10.0 Å². The summed E-state index contributed by atoms with van der Waals surface area (Å²) in [6.45, 7) is 0.923. The van der Waals surface area contributed by atoms with Gasteiger partial charge in [-0.05, 0) is 47.9 Å². The average Bonchev–Trinajstić information content (AvgIpc) is 2.98. The molecule has 2 heterocycles. The van der Waals surface area contributed by atoms with E-state index < -0.39 is 10.0 Å². The van der Waals surface area contributed by atoms with Crippen molar-refractivity contribution in [3.8, 4) is 0 Å². The van der Waals surface area contributed by atoms with Crippen LogP contribution in [-0.4, -0.2) is 44.1 Å². The van der Waals surface area contributed by atoms with Crippen molar-refractivity contribution in [2.75, 3.05) is 24.2 Å². The number of amides is 1. The molecule has 1 aliphatic rings. The number of hydrogen-bond acceptors (Lipinski definition) is 4. The van der Waals surface area contributed by atoms with E-state index in [1.54, 1.807) is 42.5 Å². The number of rotatable bonds is 4. The van der Waals surface area contributed by atoms with E-state index in [0.29, 0.717) is 30.8 Å². The molecular weight excluding hydrogens is 326 g/mol. The fraction of sp³-hybridized carbons (Fsp3) is 0.294. The second-order valence-electron chi connectivity index (χ2n) is 5.95. The standard InChI is InChI=1S/C17H19N3O3S/c1-19(12-13-5-8-18-9-6-13)17(21)15-3-4-16-14(11-15)7-10-20(16)24(2,22)23/h3-6,8-9,11H,7,10,12H2,1-2H3. The third-order valence-corrected chi connectivity index (χ3v) is 5.28. The normalized spacial score (nSPS) is 13.7.